The average Bonchev–Trinajstić information content (AvgIpc) is 1.99. The molecule has 0 aromatic rings. The Kier molecular flexibility index (Phi) is 4.54. The normalized spacial score (nSPS) is 14.0. The summed E-state index contributed by atoms with van der Waals surface area (Å²) in [6.07, 6.45) is 1.90. The fourth-order valence-electron chi connectivity index (χ4n) is 0.530. The van der Waals surface area contributed by atoms with Crippen molar-refractivity contribution in [1.29, 1.82) is 0 Å². The standard InChI is InChI=1S/C8H16N2O/c1-5-7(4)10-8(11-9)6(2)3/h5-6H,9H2,1-4H3/b7-5+,10-8?. The first-order valence-corrected chi connectivity index (χ1v) is 3.70. The highest BCUT2D eigenvalue weighted by atomic mass is 16.6. The topological polar surface area (TPSA) is 47.6 Å². The smallest absolute Gasteiger partial charge is 0.216 e. The Morgan fingerprint density at radius 3 is 2.36 bits per heavy atom. The monoisotopic (exact) mass is 156 g/mol. The summed E-state index contributed by atoms with van der Waals surface area (Å²) in [5, 5.41) is 0. The molecule has 0 saturated carbocycles. The van der Waals surface area contributed by atoms with Crippen molar-refractivity contribution in [3.8, 4) is 0 Å². The Hall–Kier alpha value is -0.830. The Balaban J connectivity index is 4.35. The van der Waals surface area contributed by atoms with E-state index in [2.05, 4.69) is 9.83 Å². The van der Waals surface area contributed by atoms with Gasteiger partial charge in [0.2, 0.25) is 5.90 Å². The van der Waals surface area contributed by atoms with Gasteiger partial charge in [0.1, 0.15) is 0 Å². The Morgan fingerprint density at radius 1 is 1.55 bits per heavy atom. The van der Waals surface area contributed by atoms with Crippen LogP contribution >= 0.6 is 0 Å². The van der Waals surface area contributed by atoms with Crippen molar-refractivity contribution in [2.75, 3.05) is 0 Å². The van der Waals surface area contributed by atoms with E-state index in [1.54, 1.807) is 0 Å². The lowest BCUT2D eigenvalue weighted by Crippen LogP contribution is -2.16. The van der Waals surface area contributed by atoms with Gasteiger partial charge >= 0.3 is 0 Å². The molecule has 0 aliphatic rings. The number of nitrogens with zero attached hydrogens (tertiary/aromatic N) is 1. The van der Waals surface area contributed by atoms with Gasteiger partial charge in [0.25, 0.3) is 0 Å². The van der Waals surface area contributed by atoms with E-state index in [0.717, 1.165) is 5.70 Å². The van der Waals surface area contributed by atoms with Gasteiger partial charge in [-0.1, -0.05) is 19.9 Å². The summed E-state index contributed by atoms with van der Waals surface area (Å²) in [4.78, 5) is 8.74. The summed E-state index contributed by atoms with van der Waals surface area (Å²) in [6.45, 7) is 7.79. The second-order valence-electron chi connectivity index (χ2n) is 2.65. The molecule has 0 aromatic heterocycles. The molecule has 0 spiro atoms. The predicted molar refractivity (Wildman–Crippen MR) is 47.0 cm³/mol. The zero-order valence-electron chi connectivity index (χ0n) is 7.59. The van der Waals surface area contributed by atoms with Gasteiger partial charge in [0.15, 0.2) is 0 Å². The third-order valence-electron chi connectivity index (χ3n) is 1.32. The SMILES string of the molecule is C/C=C(\C)N=C(ON)C(C)C. The van der Waals surface area contributed by atoms with E-state index in [4.69, 9.17) is 5.90 Å². The summed E-state index contributed by atoms with van der Waals surface area (Å²) in [5.41, 5.74) is 0.916. The highest BCUT2D eigenvalue weighted by molar-refractivity contribution is 5.78. The number of nitrogens with two attached hydrogens (primary N) is 1. The van der Waals surface area contributed by atoms with Gasteiger partial charge in [-0.2, -0.15) is 5.90 Å². The van der Waals surface area contributed by atoms with Crippen LogP contribution in [0.2, 0.25) is 0 Å². The van der Waals surface area contributed by atoms with Crippen molar-refractivity contribution in [2.24, 2.45) is 16.8 Å². The maximum absolute atomic E-state index is 5.02. The van der Waals surface area contributed by atoms with Crippen LogP contribution in [0.4, 0.5) is 0 Å². The summed E-state index contributed by atoms with van der Waals surface area (Å²) in [5.74, 6) is 5.82. The van der Waals surface area contributed by atoms with E-state index in [9.17, 15) is 0 Å². The van der Waals surface area contributed by atoms with Crippen molar-refractivity contribution >= 4 is 5.90 Å². The molecule has 0 aliphatic carbocycles. The summed E-state index contributed by atoms with van der Waals surface area (Å²) in [7, 11) is 0. The van der Waals surface area contributed by atoms with Gasteiger partial charge < -0.3 is 4.84 Å². The molecule has 3 nitrogen and oxygen atoms in total. The van der Waals surface area contributed by atoms with Crippen LogP contribution in [0.1, 0.15) is 27.7 Å². The molecule has 0 radical (unpaired) electrons. The number of hydrogen-bond acceptors (Lipinski definition) is 3. The molecule has 0 fully saturated rings. The predicted octanol–water partition coefficient (Wildman–Crippen LogP) is 1.85. The van der Waals surface area contributed by atoms with Crippen molar-refractivity contribution in [2.45, 2.75) is 27.7 Å². The molecular weight excluding hydrogens is 140 g/mol. The fraction of sp³-hybridized carbons (Fsp3) is 0.625. The highest BCUT2D eigenvalue weighted by Gasteiger charge is 2.04. The minimum atomic E-state index is 0.231. The van der Waals surface area contributed by atoms with Crippen LogP contribution in [0.3, 0.4) is 0 Å². The van der Waals surface area contributed by atoms with E-state index in [1.165, 1.54) is 0 Å². The Bertz CT molecular complexity index is 171. The van der Waals surface area contributed by atoms with Gasteiger partial charge in [0, 0.05) is 11.6 Å². The minimum Gasteiger partial charge on any atom is -0.396 e. The van der Waals surface area contributed by atoms with E-state index < -0.39 is 0 Å². The van der Waals surface area contributed by atoms with Crippen LogP contribution in [0.25, 0.3) is 0 Å². The number of aliphatic imine (C=N–C) groups is 1. The maximum Gasteiger partial charge on any atom is 0.216 e. The van der Waals surface area contributed by atoms with Crippen molar-refractivity contribution in [3.05, 3.63) is 11.8 Å². The lowest BCUT2D eigenvalue weighted by molar-refractivity contribution is 0.299. The second kappa shape index (κ2) is 4.91. The molecule has 0 aliphatic heterocycles. The molecule has 64 valence electrons. The van der Waals surface area contributed by atoms with Crippen molar-refractivity contribution in [1.82, 2.24) is 0 Å². The molecule has 0 bridgehead atoms. The number of rotatable bonds is 2. The van der Waals surface area contributed by atoms with Gasteiger partial charge in [-0.3, -0.25) is 0 Å². The first-order chi connectivity index (χ1) is 5.11. The Morgan fingerprint density at radius 2 is 2.09 bits per heavy atom. The van der Waals surface area contributed by atoms with Crippen LogP contribution in [0, 0.1) is 5.92 Å². The van der Waals surface area contributed by atoms with Crippen LogP contribution in [-0.2, 0) is 4.84 Å². The quantitative estimate of drug-likeness (QED) is 0.377. The van der Waals surface area contributed by atoms with Crippen molar-refractivity contribution < 1.29 is 4.84 Å². The zero-order valence-corrected chi connectivity index (χ0v) is 7.59. The molecule has 0 atom stereocenters. The van der Waals surface area contributed by atoms with Crippen LogP contribution in [-0.4, -0.2) is 5.90 Å². The highest BCUT2D eigenvalue weighted by Crippen LogP contribution is 2.02. The van der Waals surface area contributed by atoms with E-state index in [-0.39, 0.29) is 5.92 Å². The largest absolute Gasteiger partial charge is 0.396 e. The zero-order chi connectivity index (χ0) is 8.85. The van der Waals surface area contributed by atoms with E-state index >= 15 is 0 Å². The summed E-state index contributed by atoms with van der Waals surface area (Å²) in [6, 6.07) is 0. The van der Waals surface area contributed by atoms with E-state index in [1.807, 2.05) is 33.8 Å². The van der Waals surface area contributed by atoms with Gasteiger partial charge in [-0.25, -0.2) is 4.99 Å². The van der Waals surface area contributed by atoms with Crippen molar-refractivity contribution in [3.63, 3.8) is 0 Å². The van der Waals surface area contributed by atoms with Gasteiger partial charge in [0.05, 0.1) is 0 Å². The fourth-order valence-corrected chi connectivity index (χ4v) is 0.530. The molecule has 0 amide bonds. The van der Waals surface area contributed by atoms with E-state index in [0.29, 0.717) is 5.90 Å². The molecule has 0 heterocycles. The van der Waals surface area contributed by atoms with Crippen LogP contribution in [0.15, 0.2) is 16.8 Å². The lowest BCUT2D eigenvalue weighted by Gasteiger charge is -2.06. The maximum atomic E-state index is 5.02. The summed E-state index contributed by atoms with van der Waals surface area (Å²) >= 11 is 0. The molecule has 3 heteroatoms. The molecule has 2 N–H and O–H groups in total. The lowest BCUT2D eigenvalue weighted by atomic mass is 10.2. The van der Waals surface area contributed by atoms with Gasteiger partial charge in [-0.15, -0.1) is 0 Å². The van der Waals surface area contributed by atoms with Crippen LogP contribution in [0.5, 0.6) is 0 Å². The second-order valence-corrected chi connectivity index (χ2v) is 2.65. The molecular formula is C8H16N2O. The average molecular weight is 156 g/mol. The molecule has 0 saturated heterocycles. The molecule has 0 rings (SSSR count). The molecule has 11 heavy (non-hydrogen) atoms. The Labute approximate surface area is 67.9 Å². The number of allylic oxidation sites excluding steroid dienone is 2. The van der Waals surface area contributed by atoms with Gasteiger partial charge in [-0.05, 0) is 13.8 Å². The molecule has 0 aromatic carbocycles. The summed E-state index contributed by atoms with van der Waals surface area (Å²) < 4.78 is 0. The first-order valence-electron chi connectivity index (χ1n) is 3.70. The third kappa shape index (κ3) is 3.78. The number of hydrogen-bond donors (Lipinski definition) is 1. The van der Waals surface area contributed by atoms with Crippen LogP contribution < -0.4 is 5.90 Å². The minimum absolute atomic E-state index is 0.231. The molecule has 0 unspecified atom stereocenters. The third-order valence-corrected chi connectivity index (χ3v) is 1.32. The first kappa shape index (κ1) is 10.2.